The number of carbonyl (C=O) groups excluding carboxylic acids is 1. The predicted octanol–water partition coefficient (Wildman–Crippen LogP) is 3.81. The van der Waals surface area contributed by atoms with Crippen LogP contribution in [-0.2, 0) is 37.4 Å². The van der Waals surface area contributed by atoms with Crippen molar-refractivity contribution in [1.82, 2.24) is 10.2 Å². The zero-order valence-electron chi connectivity index (χ0n) is 26.2. The van der Waals surface area contributed by atoms with E-state index in [0.717, 1.165) is 17.7 Å². The number of benzene rings is 3. The van der Waals surface area contributed by atoms with Gasteiger partial charge in [-0.2, -0.15) is 0 Å². The number of aryl methyl sites for hydroxylation is 1. The van der Waals surface area contributed by atoms with Crippen LogP contribution in [-0.4, -0.2) is 77.1 Å². The Balaban J connectivity index is 1.72. The quantitative estimate of drug-likeness (QED) is 0.0987. The van der Waals surface area contributed by atoms with Crippen molar-refractivity contribution in [2.24, 2.45) is 5.14 Å². The van der Waals surface area contributed by atoms with E-state index in [9.17, 15) is 42.9 Å². The van der Waals surface area contributed by atoms with Crippen LogP contribution in [0.25, 0.3) is 0 Å². The summed E-state index contributed by atoms with van der Waals surface area (Å²) in [7, 11) is -4.27. The van der Waals surface area contributed by atoms with Gasteiger partial charge in [-0.05, 0) is 62.3 Å². The number of sulfonamides is 1. The van der Waals surface area contributed by atoms with Crippen LogP contribution >= 0.6 is 11.6 Å². The molecular weight excluding hydrogens is 664 g/mol. The minimum Gasteiger partial charge on any atom is -0.480 e. The first kappa shape index (κ1) is 38.0. The van der Waals surface area contributed by atoms with Gasteiger partial charge in [0.25, 0.3) is 0 Å². The summed E-state index contributed by atoms with van der Waals surface area (Å²) in [6.07, 6.45) is 1.35. The molecule has 7 N–H and O–H groups in total. The van der Waals surface area contributed by atoms with Gasteiger partial charge in [0, 0.05) is 13.1 Å². The number of nitrogens with two attached hydrogens (primary N) is 1. The van der Waals surface area contributed by atoms with Gasteiger partial charge in [-0.15, -0.1) is 0 Å². The Hall–Kier alpha value is -4.50. The SMILES string of the molecule is C[C@H](N[C@@H](CCc1ccccc1)C(=O)O)C(=O)N(Cc1ccccc1)[C@H](CCCCNc1cc(Cl)c(S(N)(=O)=O)cc1C(=O)O)C(=O)O. The van der Waals surface area contributed by atoms with E-state index in [0.29, 0.717) is 24.8 Å². The number of nitrogens with zero attached hydrogens (tertiary/aromatic N) is 1. The maximum absolute atomic E-state index is 13.8. The van der Waals surface area contributed by atoms with Crippen LogP contribution in [0.15, 0.2) is 77.7 Å². The molecule has 0 aliphatic heterocycles. The lowest BCUT2D eigenvalue weighted by Gasteiger charge is -2.32. The first-order chi connectivity index (χ1) is 22.7. The smallest absolute Gasteiger partial charge is 0.337 e. The van der Waals surface area contributed by atoms with E-state index < -0.39 is 56.9 Å². The van der Waals surface area contributed by atoms with Crippen molar-refractivity contribution in [1.29, 1.82) is 0 Å². The second kappa shape index (κ2) is 17.6. The third-order valence-electron chi connectivity index (χ3n) is 7.65. The summed E-state index contributed by atoms with van der Waals surface area (Å²) in [5.74, 6) is -4.36. The largest absolute Gasteiger partial charge is 0.480 e. The molecule has 15 heteroatoms. The fraction of sp³-hybridized carbons (Fsp3) is 0.333. The number of unbranched alkanes of at least 4 members (excludes halogenated alkanes) is 1. The number of nitrogens with one attached hydrogen (secondary N) is 2. The van der Waals surface area contributed by atoms with Crippen LogP contribution in [0.2, 0.25) is 5.02 Å². The van der Waals surface area contributed by atoms with E-state index in [1.165, 1.54) is 11.8 Å². The molecule has 3 atom stereocenters. The molecule has 0 fully saturated rings. The van der Waals surface area contributed by atoms with Crippen LogP contribution in [0.4, 0.5) is 5.69 Å². The average molecular weight is 703 g/mol. The minimum absolute atomic E-state index is 0.0282. The molecule has 1 amide bonds. The summed E-state index contributed by atoms with van der Waals surface area (Å²) in [6.45, 7) is 1.65. The maximum atomic E-state index is 13.8. The number of carboxylic acids is 3. The number of rotatable bonds is 19. The van der Waals surface area contributed by atoms with E-state index in [-0.39, 0.29) is 42.2 Å². The van der Waals surface area contributed by atoms with Crippen LogP contribution in [0.5, 0.6) is 0 Å². The van der Waals surface area contributed by atoms with Gasteiger partial charge in [-0.3, -0.25) is 14.9 Å². The number of aliphatic carboxylic acids is 2. The summed E-state index contributed by atoms with van der Waals surface area (Å²) >= 11 is 6.03. The third-order valence-corrected chi connectivity index (χ3v) is 9.03. The molecule has 0 unspecified atom stereocenters. The first-order valence-electron chi connectivity index (χ1n) is 15.1. The van der Waals surface area contributed by atoms with E-state index in [4.69, 9.17) is 16.7 Å². The van der Waals surface area contributed by atoms with Crippen molar-refractivity contribution in [2.75, 3.05) is 11.9 Å². The zero-order chi connectivity index (χ0) is 35.4. The van der Waals surface area contributed by atoms with Crippen LogP contribution in [0, 0.1) is 0 Å². The Bertz CT molecular complexity index is 1690. The summed E-state index contributed by atoms with van der Waals surface area (Å²) in [5, 5.41) is 40.3. The maximum Gasteiger partial charge on any atom is 0.337 e. The van der Waals surface area contributed by atoms with E-state index >= 15 is 0 Å². The van der Waals surface area contributed by atoms with Gasteiger partial charge in [0.15, 0.2) is 0 Å². The number of hydrogen-bond donors (Lipinski definition) is 6. The second-order valence-corrected chi connectivity index (χ2v) is 13.1. The van der Waals surface area contributed by atoms with Gasteiger partial charge < -0.3 is 25.5 Å². The van der Waals surface area contributed by atoms with Crippen LogP contribution in [0.1, 0.15) is 54.1 Å². The Kier molecular flexibility index (Phi) is 13.9. The van der Waals surface area contributed by atoms with Gasteiger partial charge in [0.2, 0.25) is 15.9 Å². The number of anilines is 1. The van der Waals surface area contributed by atoms with E-state index in [1.807, 2.05) is 30.3 Å². The summed E-state index contributed by atoms with van der Waals surface area (Å²) in [4.78, 5) is 50.9. The molecular formula is C33H39ClN4O9S. The minimum atomic E-state index is -4.27. The van der Waals surface area contributed by atoms with Crippen LogP contribution < -0.4 is 15.8 Å². The molecule has 0 spiro atoms. The van der Waals surface area contributed by atoms with Crippen molar-refractivity contribution < 1.29 is 42.9 Å². The normalized spacial score (nSPS) is 13.2. The molecule has 3 aromatic carbocycles. The summed E-state index contributed by atoms with van der Waals surface area (Å²) in [6, 6.07) is 16.8. The number of hydrogen-bond acceptors (Lipinski definition) is 8. The molecule has 3 rings (SSSR count). The molecule has 0 bridgehead atoms. The van der Waals surface area contributed by atoms with E-state index in [1.54, 1.807) is 30.3 Å². The van der Waals surface area contributed by atoms with Gasteiger partial charge in [0.1, 0.15) is 17.0 Å². The first-order valence-corrected chi connectivity index (χ1v) is 17.0. The van der Waals surface area contributed by atoms with Crippen molar-refractivity contribution in [3.05, 3.63) is 94.5 Å². The number of aromatic carboxylic acids is 1. The fourth-order valence-electron chi connectivity index (χ4n) is 5.17. The van der Waals surface area contributed by atoms with Gasteiger partial charge >= 0.3 is 17.9 Å². The lowest BCUT2D eigenvalue weighted by atomic mass is 10.0. The number of amides is 1. The fourth-order valence-corrected chi connectivity index (χ4v) is 6.27. The Morgan fingerprint density at radius 2 is 1.48 bits per heavy atom. The number of carbonyl (C=O) groups is 4. The molecule has 13 nitrogen and oxygen atoms in total. The standard InChI is InChI=1S/C33H39ClN4O9S/c1-21(37-26(32(42)43)16-15-22-10-4-2-5-11-22)30(39)38(20-23-12-6-3-7-13-23)28(33(44)45)14-8-9-17-36-27-19-25(34)29(48(35,46)47)18-24(27)31(40)41/h2-7,10-13,18-19,21,26,28,36-37H,8-9,14-17,20H2,1H3,(H,40,41)(H,42,43)(H,44,45)(H2,35,46,47)/t21-,26-,28+/m0/s1. The van der Waals surface area contributed by atoms with Crippen molar-refractivity contribution in [3.63, 3.8) is 0 Å². The molecule has 0 aliphatic rings. The Morgan fingerprint density at radius 3 is 2.02 bits per heavy atom. The highest BCUT2D eigenvalue weighted by atomic mass is 35.5. The monoisotopic (exact) mass is 702 g/mol. The summed E-state index contributed by atoms with van der Waals surface area (Å²) in [5.41, 5.74) is 1.32. The molecule has 0 radical (unpaired) electrons. The molecule has 258 valence electrons. The Morgan fingerprint density at radius 1 is 0.875 bits per heavy atom. The average Bonchev–Trinajstić information content (AvgIpc) is 3.03. The third kappa shape index (κ3) is 11.0. The van der Waals surface area contributed by atoms with E-state index in [2.05, 4.69) is 10.6 Å². The number of primary sulfonamides is 1. The van der Waals surface area contributed by atoms with Crippen molar-refractivity contribution in [2.45, 2.75) is 68.6 Å². The highest BCUT2D eigenvalue weighted by molar-refractivity contribution is 7.89. The lowest BCUT2D eigenvalue weighted by molar-refractivity contribution is -0.152. The molecule has 0 saturated carbocycles. The van der Waals surface area contributed by atoms with Gasteiger partial charge in [-0.1, -0.05) is 72.3 Å². The molecule has 0 aliphatic carbocycles. The highest BCUT2D eigenvalue weighted by Crippen LogP contribution is 2.28. The Labute approximate surface area is 283 Å². The molecule has 0 heterocycles. The topological polar surface area (TPSA) is 216 Å². The molecule has 0 aromatic heterocycles. The lowest BCUT2D eigenvalue weighted by Crippen LogP contribution is -2.54. The number of halogens is 1. The van der Waals surface area contributed by atoms with Crippen molar-refractivity contribution in [3.8, 4) is 0 Å². The van der Waals surface area contributed by atoms with Crippen molar-refractivity contribution >= 4 is 51.1 Å². The predicted molar refractivity (Wildman–Crippen MR) is 179 cm³/mol. The molecule has 3 aromatic rings. The zero-order valence-corrected chi connectivity index (χ0v) is 27.8. The molecule has 48 heavy (non-hydrogen) atoms. The second-order valence-electron chi connectivity index (χ2n) is 11.2. The summed E-state index contributed by atoms with van der Waals surface area (Å²) < 4.78 is 23.5. The van der Waals surface area contributed by atoms with Gasteiger partial charge in [0.05, 0.1) is 22.3 Å². The highest BCUT2D eigenvalue weighted by Gasteiger charge is 2.33. The van der Waals surface area contributed by atoms with Crippen LogP contribution in [0.3, 0.4) is 0 Å². The molecule has 0 saturated heterocycles. The van der Waals surface area contributed by atoms with Gasteiger partial charge in [-0.25, -0.2) is 23.1 Å². The number of carboxylic acid groups (broad SMARTS) is 3.